The first-order valence-electron chi connectivity index (χ1n) is 10.3. The van der Waals surface area contributed by atoms with E-state index in [-0.39, 0.29) is 27.6 Å². The van der Waals surface area contributed by atoms with Crippen LogP contribution in [0.25, 0.3) is 11.4 Å². The Balaban J connectivity index is 1.63. The Bertz CT molecular complexity index is 1150. The second kappa shape index (κ2) is 9.28. The third-order valence-electron chi connectivity index (χ3n) is 5.35. The molecule has 31 heavy (non-hydrogen) atoms. The molecule has 0 atom stereocenters. The fourth-order valence-corrected chi connectivity index (χ4v) is 6.09. The van der Waals surface area contributed by atoms with Crippen LogP contribution in [0.2, 0.25) is 0 Å². The number of hydrogen-bond acceptors (Lipinski definition) is 5. The Hall–Kier alpha value is -2.58. The van der Waals surface area contributed by atoms with Crippen molar-refractivity contribution >= 4 is 27.5 Å². The summed E-state index contributed by atoms with van der Waals surface area (Å²) in [5.74, 6) is 0.483. The van der Waals surface area contributed by atoms with Crippen LogP contribution >= 0.6 is 11.8 Å². The van der Waals surface area contributed by atoms with Gasteiger partial charge in [-0.25, -0.2) is 13.4 Å². The summed E-state index contributed by atoms with van der Waals surface area (Å²) in [7, 11) is -3.81. The Morgan fingerprint density at radius 2 is 1.77 bits per heavy atom. The van der Waals surface area contributed by atoms with Crippen LogP contribution in [-0.4, -0.2) is 36.1 Å². The van der Waals surface area contributed by atoms with E-state index in [1.54, 1.807) is 24.3 Å². The number of rotatable bonds is 7. The maximum atomic E-state index is 13.3. The summed E-state index contributed by atoms with van der Waals surface area (Å²) < 4.78 is 26.7. The molecule has 1 heterocycles. The molecule has 6 nitrogen and oxygen atoms in total. The zero-order chi connectivity index (χ0) is 21.8. The maximum Gasteiger partial charge on any atom is 0.230 e. The van der Waals surface area contributed by atoms with E-state index in [4.69, 9.17) is 0 Å². The smallest absolute Gasteiger partial charge is 0.230 e. The molecule has 0 radical (unpaired) electrons. The average Bonchev–Trinajstić information content (AvgIpc) is 3.43. The predicted molar refractivity (Wildman–Crippen MR) is 122 cm³/mol. The van der Waals surface area contributed by atoms with Gasteiger partial charge in [-0.05, 0) is 31.9 Å². The van der Waals surface area contributed by atoms with Gasteiger partial charge in [0.25, 0.3) is 0 Å². The lowest BCUT2D eigenvalue weighted by molar-refractivity contribution is -0.119. The van der Waals surface area contributed by atoms with Gasteiger partial charge in [0, 0.05) is 11.6 Å². The standard InChI is InChI=1S/C23H25N3O3S2/c1-16-11-13-19(14-12-16)31(28,29)23-22(25-21(26-23)17-7-3-2-4-8-17)30-15-20(27)24-18-9-5-6-10-18/h2-4,7-8,11-14,18H,5-6,9-10,15H2,1H3,(H,24,27)(H,25,26). The van der Waals surface area contributed by atoms with E-state index in [2.05, 4.69) is 15.3 Å². The molecule has 162 valence electrons. The number of aryl methyl sites for hydroxylation is 1. The van der Waals surface area contributed by atoms with Gasteiger partial charge in [-0.15, -0.1) is 0 Å². The minimum Gasteiger partial charge on any atom is -0.353 e. The molecule has 3 aromatic rings. The lowest BCUT2D eigenvalue weighted by atomic mass is 10.2. The molecule has 0 bridgehead atoms. The van der Waals surface area contributed by atoms with Crippen molar-refractivity contribution in [2.24, 2.45) is 0 Å². The maximum absolute atomic E-state index is 13.3. The third-order valence-corrected chi connectivity index (χ3v) is 8.18. The van der Waals surface area contributed by atoms with Gasteiger partial charge in [0.2, 0.25) is 15.7 Å². The zero-order valence-electron chi connectivity index (χ0n) is 17.3. The van der Waals surface area contributed by atoms with Gasteiger partial charge in [-0.2, -0.15) is 0 Å². The van der Waals surface area contributed by atoms with Crippen molar-refractivity contribution in [1.82, 2.24) is 15.3 Å². The van der Waals surface area contributed by atoms with Crippen molar-refractivity contribution in [2.75, 3.05) is 5.75 Å². The molecule has 4 rings (SSSR count). The van der Waals surface area contributed by atoms with E-state index in [1.807, 2.05) is 37.3 Å². The lowest BCUT2D eigenvalue weighted by Crippen LogP contribution is -2.33. The molecule has 8 heteroatoms. The van der Waals surface area contributed by atoms with Crippen LogP contribution in [0.5, 0.6) is 0 Å². The van der Waals surface area contributed by atoms with Crippen LogP contribution in [0, 0.1) is 6.92 Å². The molecule has 0 spiro atoms. The first kappa shape index (κ1) is 21.6. The fraction of sp³-hybridized carbons (Fsp3) is 0.304. The molecule has 2 aromatic carbocycles. The molecule has 0 unspecified atom stereocenters. The van der Waals surface area contributed by atoms with Crippen molar-refractivity contribution in [3.05, 3.63) is 60.2 Å². The number of thioether (sulfide) groups is 1. The molecule has 0 aliphatic heterocycles. The molecule has 0 saturated heterocycles. The van der Waals surface area contributed by atoms with Crippen LogP contribution in [0.1, 0.15) is 31.2 Å². The average molecular weight is 456 g/mol. The van der Waals surface area contributed by atoms with Crippen LogP contribution in [-0.2, 0) is 14.6 Å². The minimum absolute atomic E-state index is 0.0221. The summed E-state index contributed by atoms with van der Waals surface area (Å²) in [5, 5.41) is 3.37. The van der Waals surface area contributed by atoms with Crippen molar-refractivity contribution in [2.45, 2.75) is 53.6 Å². The normalized spacial score (nSPS) is 14.6. The van der Waals surface area contributed by atoms with E-state index in [0.717, 1.165) is 48.6 Å². The Kier molecular flexibility index (Phi) is 6.48. The highest BCUT2D eigenvalue weighted by atomic mass is 32.2. The minimum atomic E-state index is -3.81. The molecule has 2 N–H and O–H groups in total. The highest BCUT2D eigenvalue weighted by molar-refractivity contribution is 8.00. The number of aromatic nitrogens is 2. The first-order valence-corrected chi connectivity index (χ1v) is 12.8. The lowest BCUT2D eigenvalue weighted by Gasteiger charge is -2.11. The molecule has 1 saturated carbocycles. The van der Waals surface area contributed by atoms with E-state index in [9.17, 15) is 13.2 Å². The number of nitrogens with zero attached hydrogens (tertiary/aromatic N) is 1. The summed E-state index contributed by atoms with van der Waals surface area (Å²) in [6.45, 7) is 1.91. The summed E-state index contributed by atoms with van der Waals surface area (Å²) in [5.41, 5.74) is 1.76. The summed E-state index contributed by atoms with van der Waals surface area (Å²) >= 11 is 1.15. The summed E-state index contributed by atoms with van der Waals surface area (Å²) in [6.07, 6.45) is 4.28. The molecule has 1 aliphatic carbocycles. The number of carbonyl (C=O) groups is 1. The first-order chi connectivity index (χ1) is 14.9. The summed E-state index contributed by atoms with van der Waals surface area (Å²) in [6, 6.07) is 16.3. The number of amides is 1. The van der Waals surface area contributed by atoms with E-state index in [0.29, 0.717) is 10.9 Å². The van der Waals surface area contributed by atoms with Gasteiger partial charge in [0.1, 0.15) is 10.9 Å². The van der Waals surface area contributed by atoms with Gasteiger partial charge >= 0.3 is 0 Å². The molecule has 1 fully saturated rings. The number of hydrogen-bond donors (Lipinski definition) is 2. The number of benzene rings is 2. The number of sulfone groups is 1. The third kappa shape index (κ3) is 5.02. The Morgan fingerprint density at radius 3 is 2.45 bits per heavy atom. The largest absolute Gasteiger partial charge is 0.353 e. The van der Waals surface area contributed by atoms with Gasteiger partial charge in [0.05, 0.1) is 10.6 Å². The van der Waals surface area contributed by atoms with Crippen molar-refractivity contribution in [1.29, 1.82) is 0 Å². The topological polar surface area (TPSA) is 91.9 Å². The zero-order valence-corrected chi connectivity index (χ0v) is 18.9. The van der Waals surface area contributed by atoms with Crippen molar-refractivity contribution < 1.29 is 13.2 Å². The molecular formula is C23H25N3O3S2. The Morgan fingerprint density at radius 1 is 1.10 bits per heavy atom. The van der Waals surface area contributed by atoms with Crippen LogP contribution in [0.3, 0.4) is 0 Å². The quantitative estimate of drug-likeness (QED) is 0.516. The predicted octanol–water partition coefficient (Wildman–Crippen LogP) is 4.37. The summed E-state index contributed by atoms with van der Waals surface area (Å²) in [4.78, 5) is 20.1. The van der Waals surface area contributed by atoms with Crippen LogP contribution < -0.4 is 5.32 Å². The highest BCUT2D eigenvalue weighted by Gasteiger charge is 2.27. The van der Waals surface area contributed by atoms with Crippen molar-refractivity contribution in [3.63, 3.8) is 0 Å². The van der Waals surface area contributed by atoms with E-state index < -0.39 is 9.84 Å². The van der Waals surface area contributed by atoms with E-state index in [1.165, 1.54) is 0 Å². The van der Waals surface area contributed by atoms with Crippen molar-refractivity contribution in [3.8, 4) is 11.4 Å². The van der Waals surface area contributed by atoms with Gasteiger partial charge in [-0.3, -0.25) is 4.79 Å². The van der Waals surface area contributed by atoms with E-state index >= 15 is 0 Å². The second-order valence-electron chi connectivity index (χ2n) is 7.74. The number of carbonyl (C=O) groups excluding carboxylic acids is 1. The van der Waals surface area contributed by atoms with Crippen LogP contribution in [0.15, 0.2) is 69.5 Å². The second-order valence-corrected chi connectivity index (χ2v) is 10.6. The van der Waals surface area contributed by atoms with Crippen LogP contribution in [0.4, 0.5) is 0 Å². The molecule has 1 aliphatic rings. The Labute approximate surface area is 186 Å². The van der Waals surface area contributed by atoms with Gasteiger partial charge < -0.3 is 10.3 Å². The number of imidazole rings is 1. The molecular weight excluding hydrogens is 430 g/mol. The number of nitrogens with one attached hydrogen (secondary N) is 2. The van der Waals surface area contributed by atoms with Gasteiger partial charge in [0.15, 0.2) is 5.03 Å². The fourth-order valence-electron chi connectivity index (χ4n) is 3.66. The monoisotopic (exact) mass is 455 g/mol. The SMILES string of the molecule is Cc1ccc(S(=O)(=O)c2[nH]c(-c3ccccc3)nc2SCC(=O)NC2CCCC2)cc1. The number of aromatic amines is 1. The highest BCUT2D eigenvalue weighted by Crippen LogP contribution is 2.32. The molecule has 1 amide bonds. The number of H-pyrrole nitrogens is 1. The molecule has 1 aromatic heterocycles. The van der Waals surface area contributed by atoms with Gasteiger partial charge in [-0.1, -0.05) is 72.6 Å².